The number of hydrogen-bond acceptors (Lipinski definition) is 3. The highest BCUT2D eigenvalue weighted by atomic mass is 16.4. The third kappa shape index (κ3) is 3.64. The minimum Gasteiger partial charge on any atom is -0.550 e. The molecular formula is C10H20N2O2. The van der Waals surface area contributed by atoms with E-state index in [4.69, 9.17) is 0 Å². The van der Waals surface area contributed by atoms with E-state index in [1.54, 1.807) is 0 Å². The molecule has 0 aromatic carbocycles. The molecule has 4 nitrogen and oxygen atoms in total. The van der Waals surface area contributed by atoms with E-state index in [2.05, 4.69) is 19.0 Å². The number of carbonyl (C=O) groups excluding carboxylic acids is 1. The van der Waals surface area contributed by atoms with Crippen LogP contribution in [0.2, 0.25) is 0 Å². The molecule has 1 N–H and O–H groups in total. The molecule has 1 heterocycles. The zero-order valence-corrected chi connectivity index (χ0v) is 9.08. The lowest BCUT2D eigenvalue weighted by Gasteiger charge is -2.32. The molecule has 0 amide bonds. The second-order valence-corrected chi connectivity index (χ2v) is 4.32. The summed E-state index contributed by atoms with van der Waals surface area (Å²) in [5, 5.41) is 10.3. The number of carboxylic acid groups (broad SMARTS) is 1. The van der Waals surface area contributed by atoms with Gasteiger partial charge < -0.3 is 19.7 Å². The Balaban J connectivity index is 2.19. The standard InChI is InChI=1S/C10H20N2O2/c1-11(2)9-3-6-12(7-4-9)8-5-10(13)14/h9H,3-8H2,1-2H3,(H,13,14). The number of quaternary nitrogens is 1. The molecule has 0 bridgehead atoms. The zero-order valence-electron chi connectivity index (χ0n) is 9.08. The highest BCUT2D eigenvalue weighted by Gasteiger charge is 2.22. The molecule has 82 valence electrons. The molecule has 14 heavy (non-hydrogen) atoms. The fourth-order valence-electron chi connectivity index (χ4n) is 2.06. The maximum absolute atomic E-state index is 10.3. The van der Waals surface area contributed by atoms with Gasteiger partial charge in [-0.3, -0.25) is 0 Å². The van der Waals surface area contributed by atoms with Crippen molar-refractivity contribution in [2.75, 3.05) is 33.7 Å². The van der Waals surface area contributed by atoms with Gasteiger partial charge in [0.05, 0.1) is 19.6 Å². The molecule has 1 fully saturated rings. The number of likely N-dealkylation sites (tertiary alicyclic amines) is 1. The van der Waals surface area contributed by atoms with Crippen molar-refractivity contribution in [1.82, 2.24) is 4.90 Å². The Morgan fingerprint density at radius 3 is 2.43 bits per heavy atom. The average molecular weight is 200 g/mol. The minimum atomic E-state index is -0.924. The molecule has 0 aromatic rings. The van der Waals surface area contributed by atoms with Gasteiger partial charge in [-0.25, -0.2) is 0 Å². The summed E-state index contributed by atoms with van der Waals surface area (Å²) in [6.07, 6.45) is 2.55. The molecule has 0 aliphatic carbocycles. The van der Waals surface area contributed by atoms with Gasteiger partial charge in [0, 0.05) is 31.3 Å². The highest BCUT2D eigenvalue weighted by Crippen LogP contribution is 2.04. The number of nitrogens with one attached hydrogen (secondary N) is 1. The Bertz CT molecular complexity index is 187. The van der Waals surface area contributed by atoms with Crippen LogP contribution < -0.4 is 10.0 Å². The van der Waals surface area contributed by atoms with Crippen LogP contribution in [0, 0.1) is 0 Å². The van der Waals surface area contributed by atoms with Crippen LogP contribution in [-0.4, -0.2) is 50.6 Å². The SMILES string of the molecule is CN(C)C1CC[NH+](CCC(=O)[O-])CC1. The van der Waals surface area contributed by atoms with E-state index in [0.717, 1.165) is 19.6 Å². The number of hydrogen-bond donors (Lipinski definition) is 1. The molecule has 1 aliphatic rings. The molecule has 0 atom stereocenters. The molecule has 0 aromatic heterocycles. The largest absolute Gasteiger partial charge is 0.550 e. The van der Waals surface area contributed by atoms with E-state index in [1.165, 1.54) is 17.7 Å². The lowest BCUT2D eigenvalue weighted by Crippen LogP contribution is -3.13. The van der Waals surface area contributed by atoms with Crippen LogP contribution in [0.4, 0.5) is 0 Å². The van der Waals surface area contributed by atoms with Gasteiger partial charge in [-0.1, -0.05) is 0 Å². The monoisotopic (exact) mass is 200 g/mol. The zero-order chi connectivity index (χ0) is 10.6. The Kier molecular flexibility index (Phi) is 4.35. The van der Waals surface area contributed by atoms with Gasteiger partial charge in [0.2, 0.25) is 0 Å². The number of aliphatic carboxylic acids is 1. The first-order chi connectivity index (χ1) is 6.59. The highest BCUT2D eigenvalue weighted by molar-refractivity contribution is 5.64. The van der Waals surface area contributed by atoms with Crippen molar-refractivity contribution in [2.24, 2.45) is 0 Å². The first-order valence-corrected chi connectivity index (χ1v) is 5.29. The van der Waals surface area contributed by atoms with Crippen molar-refractivity contribution in [3.63, 3.8) is 0 Å². The normalized spacial score (nSPS) is 27.9. The number of piperidine rings is 1. The first-order valence-electron chi connectivity index (χ1n) is 5.29. The van der Waals surface area contributed by atoms with Crippen LogP contribution in [0.1, 0.15) is 19.3 Å². The smallest absolute Gasteiger partial charge is 0.0823 e. The summed E-state index contributed by atoms with van der Waals surface area (Å²) in [6.45, 7) is 2.91. The predicted octanol–water partition coefficient (Wildman–Crippen LogP) is -2.26. The quantitative estimate of drug-likeness (QED) is 0.557. The molecule has 1 saturated heterocycles. The van der Waals surface area contributed by atoms with Gasteiger partial charge in [-0.05, 0) is 14.1 Å². The minimum absolute atomic E-state index is 0.196. The van der Waals surface area contributed by atoms with E-state index in [-0.39, 0.29) is 6.42 Å². The van der Waals surface area contributed by atoms with E-state index in [0.29, 0.717) is 6.04 Å². The van der Waals surface area contributed by atoms with Crippen LogP contribution in [0.25, 0.3) is 0 Å². The Morgan fingerprint density at radius 2 is 2.00 bits per heavy atom. The summed E-state index contributed by atoms with van der Waals surface area (Å²) < 4.78 is 0. The summed E-state index contributed by atoms with van der Waals surface area (Å²) in [7, 11) is 4.22. The summed E-state index contributed by atoms with van der Waals surface area (Å²) >= 11 is 0. The predicted molar refractivity (Wildman–Crippen MR) is 51.9 cm³/mol. The fraction of sp³-hybridized carbons (Fsp3) is 0.900. The number of carbonyl (C=O) groups is 1. The molecule has 0 radical (unpaired) electrons. The number of rotatable bonds is 4. The molecule has 0 unspecified atom stereocenters. The molecule has 0 spiro atoms. The van der Waals surface area contributed by atoms with Crippen LogP contribution in [0.3, 0.4) is 0 Å². The molecule has 4 heteroatoms. The maximum atomic E-state index is 10.3. The van der Waals surface area contributed by atoms with Gasteiger partial charge in [-0.2, -0.15) is 0 Å². The second-order valence-electron chi connectivity index (χ2n) is 4.32. The topological polar surface area (TPSA) is 47.8 Å². The van der Waals surface area contributed by atoms with Gasteiger partial charge in [0.15, 0.2) is 0 Å². The van der Waals surface area contributed by atoms with Gasteiger partial charge >= 0.3 is 0 Å². The third-order valence-electron chi connectivity index (χ3n) is 3.08. The van der Waals surface area contributed by atoms with Crippen LogP contribution >= 0.6 is 0 Å². The van der Waals surface area contributed by atoms with Crippen molar-refractivity contribution in [3.05, 3.63) is 0 Å². The third-order valence-corrected chi connectivity index (χ3v) is 3.08. The van der Waals surface area contributed by atoms with Crippen LogP contribution in [0.15, 0.2) is 0 Å². The summed E-state index contributed by atoms with van der Waals surface area (Å²) in [4.78, 5) is 14.0. The van der Waals surface area contributed by atoms with Crippen LogP contribution in [0.5, 0.6) is 0 Å². The summed E-state index contributed by atoms with van der Waals surface area (Å²) in [5.74, 6) is -0.924. The summed E-state index contributed by atoms with van der Waals surface area (Å²) in [6, 6.07) is 0.682. The molecule has 1 aliphatic heterocycles. The van der Waals surface area contributed by atoms with Crippen molar-refractivity contribution in [1.29, 1.82) is 0 Å². The lowest BCUT2D eigenvalue weighted by atomic mass is 10.0. The van der Waals surface area contributed by atoms with Crippen LogP contribution in [-0.2, 0) is 4.79 Å². The van der Waals surface area contributed by atoms with E-state index >= 15 is 0 Å². The van der Waals surface area contributed by atoms with E-state index in [1.807, 2.05) is 0 Å². The van der Waals surface area contributed by atoms with Crippen molar-refractivity contribution >= 4 is 5.97 Å². The molecular weight excluding hydrogens is 180 g/mol. The number of carboxylic acids is 1. The van der Waals surface area contributed by atoms with Gasteiger partial charge in [0.1, 0.15) is 0 Å². The summed E-state index contributed by atoms with van der Waals surface area (Å²) in [5.41, 5.74) is 0. The second kappa shape index (κ2) is 5.32. The fourth-order valence-corrected chi connectivity index (χ4v) is 2.06. The Morgan fingerprint density at radius 1 is 1.43 bits per heavy atom. The van der Waals surface area contributed by atoms with Crippen molar-refractivity contribution in [2.45, 2.75) is 25.3 Å². The van der Waals surface area contributed by atoms with Gasteiger partial charge in [-0.15, -0.1) is 0 Å². The van der Waals surface area contributed by atoms with Crippen molar-refractivity contribution in [3.8, 4) is 0 Å². The molecule has 1 rings (SSSR count). The molecule has 0 saturated carbocycles. The maximum Gasteiger partial charge on any atom is 0.0823 e. The van der Waals surface area contributed by atoms with E-state index < -0.39 is 5.97 Å². The Labute approximate surface area is 85.5 Å². The van der Waals surface area contributed by atoms with Crippen molar-refractivity contribution < 1.29 is 14.8 Å². The van der Waals surface area contributed by atoms with E-state index in [9.17, 15) is 9.90 Å². The Hall–Kier alpha value is -0.610. The lowest BCUT2D eigenvalue weighted by molar-refractivity contribution is -0.905. The number of nitrogens with zero attached hydrogens (tertiary/aromatic N) is 1. The van der Waals surface area contributed by atoms with Gasteiger partial charge in [0.25, 0.3) is 0 Å². The first kappa shape index (κ1) is 11.5. The average Bonchev–Trinajstić information content (AvgIpc) is 2.15.